The number of alkyl carbamates (subject to hydrolysis) is 1. The van der Waals surface area contributed by atoms with Gasteiger partial charge < -0.3 is 20.5 Å². The van der Waals surface area contributed by atoms with Gasteiger partial charge in [0.2, 0.25) is 5.91 Å². The van der Waals surface area contributed by atoms with Crippen LogP contribution in [0.3, 0.4) is 0 Å². The summed E-state index contributed by atoms with van der Waals surface area (Å²) in [4.78, 5) is 33.8. The predicted molar refractivity (Wildman–Crippen MR) is 68.7 cm³/mol. The van der Waals surface area contributed by atoms with Gasteiger partial charge in [-0.25, -0.2) is 9.59 Å². The van der Waals surface area contributed by atoms with Crippen LogP contribution in [-0.4, -0.2) is 40.8 Å². The van der Waals surface area contributed by atoms with Gasteiger partial charge in [-0.05, 0) is 34.1 Å². The number of hydrogen-bond donors (Lipinski definition) is 3. The predicted octanol–water partition coefficient (Wildman–Crippen LogP) is 0.881. The number of aliphatic carboxylic acids is 1. The molecule has 2 amide bonds. The Kier molecular flexibility index (Phi) is 5.80. The average Bonchev–Trinajstić information content (AvgIpc) is 2.23. The molecule has 0 aliphatic rings. The van der Waals surface area contributed by atoms with Gasteiger partial charge in [0.05, 0.1) is 0 Å². The smallest absolute Gasteiger partial charge is 0.408 e. The average molecular weight is 274 g/mol. The van der Waals surface area contributed by atoms with Gasteiger partial charge in [-0.1, -0.05) is 6.92 Å². The van der Waals surface area contributed by atoms with Gasteiger partial charge in [0.25, 0.3) is 0 Å². The van der Waals surface area contributed by atoms with E-state index in [0.29, 0.717) is 0 Å². The molecule has 0 aliphatic heterocycles. The van der Waals surface area contributed by atoms with Gasteiger partial charge >= 0.3 is 12.1 Å². The molecular formula is C12H22N2O5. The third kappa shape index (κ3) is 6.64. The first-order valence-corrected chi connectivity index (χ1v) is 6.01. The van der Waals surface area contributed by atoms with E-state index in [0.717, 1.165) is 0 Å². The van der Waals surface area contributed by atoms with E-state index in [4.69, 9.17) is 9.84 Å². The molecule has 0 aromatic carbocycles. The number of carboxylic acids is 1. The highest BCUT2D eigenvalue weighted by molar-refractivity contribution is 5.88. The Balaban J connectivity index is 4.27. The van der Waals surface area contributed by atoms with Crippen molar-refractivity contribution in [2.24, 2.45) is 0 Å². The van der Waals surface area contributed by atoms with Crippen molar-refractivity contribution in [1.29, 1.82) is 0 Å². The number of hydrogen-bond acceptors (Lipinski definition) is 4. The Morgan fingerprint density at radius 2 is 1.68 bits per heavy atom. The summed E-state index contributed by atoms with van der Waals surface area (Å²) in [5, 5.41) is 13.6. The van der Waals surface area contributed by atoms with Crippen LogP contribution in [0.5, 0.6) is 0 Å². The molecule has 110 valence electrons. The van der Waals surface area contributed by atoms with E-state index in [-0.39, 0.29) is 13.0 Å². The molecule has 0 heterocycles. The zero-order chi connectivity index (χ0) is 15.3. The Hall–Kier alpha value is -1.79. The number of nitrogens with one attached hydrogen (secondary N) is 2. The summed E-state index contributed by atoms with van der Waals surface area (Å²) in [6.45, 7) is 7.82. The molecule has 0 spiro atoms. The lowest BCUT2D eigenvalue weighted by Gasteiger charge is -2.25. The third-order valence-electron chi connectivity index (χ3n) is 2.39. The van der Waals surface area contributed by atoms with Crippen molar-refractivity contribution in [2.75, 3.05) is 6.54 Å². The van der Waals surface area contributed by atoms with Gasteiger partial charge in [-0.2, -0.15) is 0 Å². The Labute approximate surface area is 112 Å². The second kappa shape index (κ2) is 6.40. The fourth-order valence-corrected chi connectivity index (χ4v) is 1.11. The molecular weight excluding hydrogens is 252 g/mol. The van der Waals surface area contributed by atoms with Crippen LogP contribution < -0.4 is 10.6 Å². The normalized spacial score (nSPS) is 14.2. The fourth-order valence-electron chi connectivity index (χ4n) is 1.11. The molecule has 1 atom stereocenters. The zero-order valence-corrected chi connectivity index (χ0v) is 12.0. The lowest BCUT2D eigenvalue weighted by atomic mass is 9.99. The van der Waals surface area contributed by atoms with Gasteiger partial charge in [-0.3, -0.25) is 4.79 Å². The number of carbonyl (C=O) groups excluding carboxylic acids is 2. The Bertz CT molecular complexity index is 362. The van der Waals surface area contributed by atoms with Crippen LogP contribution in [0.1, 0.15) is 41.0 Å². The second-order valence-corrected chi connectivity index (χ2v) is 5.39. The third-order valence-corrected chi connectivity index (χ3v) is 2.39. The van der Waals surface area contributed by atoms with Gasteiger partial charge in [0.15, 0.2) is 0 Å². The first-order chi connectivity index (χ1) is 8.50. The van der Waals surface area contributed by atoms with Crippen molar-refractivity contribution in [3.8, 4) is 0 Å². The number of amides is 2. The number of carboxylic acid groups (broad SMARTS) is 1. The molecule has 0 unspecified atom stereocenters. The van der Waals surface area contributed by atoms with Crippen molar-refractivity contribution in [3.63, 3.8) is 0 Å². The molecule has 7 nitrogen and oxygen atoms in total. The van der Waals surface area contributed by atoms with Gasteiger partial charge in [-0.15, -0.1) is 0 Å². The van der Waals surface area contributed by atoms with Crippen molar-refractivity contribution in [3.05, 3.63) is 0 Å². The maximum Gasteiger partial charge on any atom is 0.408 e. The van der Waals surface area contributed by atoms with Crippen molar-refractivity contribution >= 4 is 18.0 Å². The van der Waals surface area contributed by atoms with E-state index < -0.39 is 29.1 Å². The summed E-state index contributed by atoms with van der Waals surface area (Å²) < 4.78 is 4.95. The van der Waals surface area contributed by atoms with Gasteiger partial charge in [0.1, 0.15) is 17.7 Å². The molecule has 3 N–H and O–H groups in total. The maximum absolute atomic E-state index is 11.5. The zero-order valence-electron chi connectivity index (χ0n) is 12.0. The van der Waals surface area contributed by atoms with Crippen LogP contribution >= 0.6 is 0 Å². The van der Waals surface area contributed by atoms with E-state index in [1.807, 2.05) is 0 Å². The maximum atomic E-state index is 11.5. The van der Waals surface area contributed by atoms with Crippen molar-refractivity contribution in [2.45, 2.75) is 52.2 Å². The Morgan fingerprint density at radius 3 is 2.05 bits per heavy atom. The summed E-state index contributed by atoms with van der Waals surface area (Å²) >= 11 is 0. The van der Waals surface area contributed by atoms with E-state index in [2.05, 4.69) is 10.6 Å². The Morgan fingerprint density at radius 1 is 1.16 bits per heavy atom. The molecule has 0 aromatic heterocycles. The van der Waals surface area contributed by atoms with Crippen LogP contribution in [0.2, 0.25) is 0 Å². The van der Waals surface area contributed by atoms with Crippen molar-refractivity contribution < 1.29 is 24.2 Å². The highest BCUT2D eigenvalue weighted by Gasteiger charge is 2.32. The first kappa shape index (κ1) is 17.2. The number of rotatable bonds is 5. The molecule has 19 heavy (non-hydrogen) atoms. The quantitative estimate of drug-likeness (QED) is 0.690. The topological polar surface area (TPSA) is 105 Å². The van der Waals surface area contributed by atoms with E-state index in [1.54, 1.807) is 27.7 Å². The summed E-state index contributed by atoms with van der Waals surface area (Å²) in [6, 6.07) is 0. The fraction of sp³-hybridized carbons (Fsp3) is 0.750. The highest BCUT2D eigenvalue weighted by atomic mass is 16.6. The molecule has 0 saturated heterocycles. The monoisotopic (exact) mass is 274 g/mol. The molecule has 7 heteroatoms. The standard InChI is InChI=1S/C12H22N2O5/c1-6-12(5,9(16)17)14-8(15)7-13-10(18)19-11(2,3)4/h6-7H2,1-5H3,(H,13,18)(H,14,15)(H,16,17)/t12-/m1/s1. The first-order valence-electron chi connectivity index (χ1n) is 6.01. The van der Waals surface area contributed by atoms with Crippen LogP contribution in [0, 0.1) is 0 Å². The minimum absolute atomic E-state index is 0.237. The number of carbonyl (C=O) groups is 3. The molecule has 0 rings (SSSR count). The molecule has 0 aromatic rings. The van der Waals surface area contributed by atoms with E-state index in [9.17, 15) is 14.4 Å². The van der Waals surface area contributed by atoms with E-state index in [1.165, 1.54) is 6.92 Å². The largest absolute Gasteiger partial charge is 0.480 e. The van der Waals surface area contributed by atoms with Crippen LogP contribution in [0.25, 0.3) is 0 Å². The summed E-state index contributed by atoms with van der Waals surface area (Å²) in [5.41, 5.74) is -1.99. The highest BCUT2D eigenvalue weighted by Crippen LogP contribution is 2.09. The second-order valence-electron chi connectivity index (χ2n) is 5.39. The van der Waals surface area contributed by atoms with E-state index >= 15 is 0 Å². The van der Waals surface area contributed by atoms with Crippen molar-refractivity contribution in [1.82, 2.24) is 10.6 Å². The number of ether oxygens (including phenoxy) is 1. The minimum Gasteiger partial charge on any atom is -0.480 e. The van der Waals surface area contributed by atoms with Gasteiger partial charge in [0, 0.05) is 0 Å². The lowest BCUT2D eigenvalue weighted by Crippen LogP contribution is -2.54. The van der Waals surface area contributed by atoms with Crippen LogP contribution in [0.4, 0.5) is 4.79 Å². The minimum atomic E-state index is -1.34. The SMILES string of the molecule is CC[C@@](C)(NC(=O)CNC(=O)OC(C)(C)C)C(=O)O. The summed E-state index contributed by atoms with van der Waals surface area (Å²) in [5.74, 6) is -1.71. The lowest BCUT2D eigenvalue weighted by molar-refractivity contribution is -0.146. The molecule has 0 aliphatic carbocycles. The van der Waals surface area contributed by atoms with Crippen LogP contribution in [-0.2, 0) is 14.3 Å². The van der Waals surface area contributed by atoms with Crippen LogP contribution in [0.15, 0.2) is 0 Å². The molecule has 0 bridgehead atoms. The molecule has 0 saturated carbocycles. The molecule has 0 radical (unpaired) electrons. The summed E-state index contributed by atoms with van der Waals surface area (Å²) in [7, 11) is 0. The summed E-state index contributed by atoms with van der Waals surface area (Å²) in [6.07, 6.45) is -0.489. The molecule has 0 fully saturated rings.